The molecule has 2 rings (SSSR count). The van der Waals surface area contributed by atoms with Crippen LogP contribution in [-0.4, -0.2) is 22.6 Å². The molecule has 136 valence electrons. The van der Waals surface area contributed by atoms with E-state index in [9.17, 15) is 4.21 Å². The van der Waals surface area contributed by atoms with Crippen LogP contribution >= 0.6 is 11.6 Å². The molecule has 0 heterocycles. The molecule has 5 heteroatoms. The fraction of sp³-hybridized carbons (Fsp3) is 0.400. The average Bonchev–Trinajstić information content (AvgIpc) is 2.65. The van der Waals surface area contributed by atoms with Crippen molar-refractivity contribution < 1.29 is 8.95 Å². The molecule has 0 bridgehead atoms. The molecule has 0 fully saturated rings. The van der Waals surface area contributed by atoms with Gasteiger partial charge in [-0.25, -0.2) is 0 Å². The second-order valence-electron chi connectivity index (χ2n) is 6.03. The van der Waals surface area contributed by atoms with Crippen molar-refractivity contribution in [2.45, 2.75) is 42.2 Å². The summed E-state index contributed by atoms with van der Waals surface area (Å²) >= 11 is 6.32. The molecule has 0 aliphatic rings. The summed E-state index contributed by atoms with van der Waals surface area (Å²) in [6.07, 6.45) is 3.88. The molecule has 2 atom stereocenters. The minimum absolute atomic E-state index is 0.322. The number of hydrogen-bond acceptors (Lipinski definition) is 3. The molecule has 0 aliphatic carbocycles. The van der Waals surface area contributed by atoms with Gasteiger partial charge in [0.1, 0.15) is 10.5 Å². The van der Waals surface area contributed by atoms with Crippen LogP contribution in [0.25, 0.3) is 0 Å². The van der Waals surface area contributed by atoms with Crippen molar-refractivity contribution >= 4 is 28.1 Å². The maximum Gasteiger partial charge on any atom is 0.119 e. The van der Waals surface area contributed by atoms with Gasteiger partial charge >= 0.3 is 0 Å². The van der Waals surface area contributed by atoms with Crippen LogP contribution in [0.2, 0.25) is 0 Å². The number of anilines is 1. The van der Waals surface area contributed by atoms with Crippen molar-refractivity contribution in [3.63, 3.8) is 0 Å². The molecule has 2 aromatic carbocycles. The topological polar surface area (TPSA) is 38.3 Å². The highest BCUT2D eigenvalue weighted by atomic mass is 35.5. The van der Waals surface area contributed by atoms with Gasteiger partial charge in [0.25, 0.3) is 0 Å². The lowest BCUT2D eigenvalue weighted by Crippen LogP contribution is -2.08. The molecule has 0 saturated heterocycles. The molecule has 3 nitrogen and oxygen atoms in total. The molecular weight excluding hydrogens is 354 g/mol. The Balaban J connectivity index is 1.61. The Morgan fingerprint density at radius 1 is 1.04 bits per heavy atom. The molecule has 25 heavy (non-hydrogen) atoms. The van der Waals surface area contributed by atoms with Crippen LogP contribution in [0, 0.1) is 6.92 Å². The smallest absolute Gasteiger partial charge is 0.119 e. The summed E-state index contributed by atoms with van der Waals surface area (Å²) in [5.74, 6) is 0.861. The molecular formula is C20H26ClNO2S. The third kappa shape index (κ3) is 6.71. The average molecular weight is 380 g/mol. The largest absolute Gasteiger partial charge is 0.497 e. The number of benzene rings is 2. The van der Waals surface area contributed by atoms with Crippen molar-refractivity contribution in [1.29, 1.82) is 0 Å². The third-order valence-corrected chi connectivity index (χ3v) is 6.15. The van der Waals surface area contributed by atoms with Crippen LogP contribution in [0.15, 0.2) is 53.4 Å². The summed E-state index contributed by atoms with van der Waals surface area (Å²) in [4.78, 5) is 0.812. The summed E-state index contributed by atoms with van der Waals surface area (Å²) in [5, 5.41) is 3.39. The van der Waals surface area contributed by atoms with Crippen LogP contribution in [0.3, 0.4) is 0 Å². The number of rotatable bonds is 10. The fourth-order valence-corrected chi connectivity index (χ4v) is 4.02. The van der Waals surface area contributed by atoms with Crippen molar-refractivity contribution in [3.8, 4) is 5.75 Å². The minimum Gasteiger partial charge on any atom is -0.497 e. The highest BCUT2D eigenvalue weighted by Crippen LogP contribution is 2.20. The van der Waals surface area contributed by atoms with Crippen molar-refractivity contribution in [1.82, 2.24) is 0 Å². The van der Waals surface area contributed by atoms with E-state index < -0.39 is 10.8 Å². The van der Waals surface area contributed by atoms with Gasteiger partial charge in [-0.1, -0.05) is 30.5 Å². The van der Waals surface area contributed by atoms with Crippen LogP contribution in [-0.2, 0) is 10.8 Å². The van der Waals surface area contributed by atoms with Gasteiger partial charge in [0, 0.05) is 17.1 Å². The number of halogens is 1. The number of hydrogen-bond donors (Lipinski definition) is 1. The van der Waals surface area contributed by atoms with Crippen molar-refractivity contribution in [2.24, 2.45) is 0 Å². The third-order valence-electron chi connectivity index (χ3n) is 4.01. The SMILES string of the molecule is COc1ccc(NCCCCCC(Cl)S(=O)c2ccc(C)cc2)cc1. The van der Waals surface area contributed by atoms with E-state index in [-0.39, 0.29) is 4.71 Å². The Morgan fingerprint density at radius 3 is 2.36 bits per heavy atom. The van der Waals surface area contributed by atoms with Gasteiger partial charge in [0.2, 0.25) is 0 Å². The summed E-state index contributed by atoms with van der Waals surface area (Å²) < 4.78 is 17.2. The Hall–Kier alpha value is -1.52. The first kappa shape index (κ1) is 19.8. The molecule has 2 aromatic rings. The minimum atomic E-state index is -1.14. The molecule has 2 unspecified atom stereocenters. The number of alkyl halides is 1. The lowest BCUT2D eigenvalue weighted by molar-refractivity contribution is 0.415. The van der Waals surface area contributed by atoms with Crippen LogP contribution in [0.1, 0.15) is 31.2 Å². The number of nitrogens with one attached hydrogen (secondary N) is 1. The highest BCUT2D eigenvalue weighted by molar-refractivity contribution is 7.87. The van der Waals surface area contributed by atoms with Gasteiger partial charge in [0.05, 0.1) is 17.9 Å². The number of ether oxygens (including phenoxy) is 1. The van der Waals surface area contributed by atoms with Gasteiger partial charge in [-0.3, -0.25) is 4.21 Å². The molecule has 0 radical (unpaired) electrons. The van der Waals surface area contributed by atoms with Gasteiger partial charge in [-0.05, 0) is 56.2 Å². The summed E-state index contributed by atoms with van der Waals surface area (Å²) in [7, 11) is 0.526. The van der Waals surface area contributed by atoms with E-state index in [2.05, 4.69) is 5.32 Å². The molecule has 1 N–H and O–H groups in total. The van der Waals surface area contributed by atoms with Crippen molar-refractivity contribution in [2.75, 3.05) is 19.0 Å². The van der Waals surface area contributed by atoms with E-state index >= 15 is 0 Å². The van der Waals surface area contributed by atoms with E-state index in [1.54, 1.807) is 7.11 Å². The number of unbranched alkanes of at least 4 members (excludes halogenated alkanes) is 2. The maximum atomic E-state index is 12.4. The van der Waals surface area contributed by atoms with Crippen molar-refractivity contribution in [3.05, 3.63) is 54.1 Å². The lowest BCUT2D eigenvalue weighted by atomic mass is 10.2. The second-order valence-corrected chi connectivity index (χ2v) is 8.45. The van der Waals surface area contributed by atoms with Crippen LogP contribution in [0.5, 0.6) is 5.75 Å². The van der Waals surface area contributed by atoms with Gasteiger partial charge in [-0.15, -0.1) is 11.6 Å². The second kappa shape index (κ2) is 10.5. The Morgan fingerprint density at radius 2 is 1.72 bits per heavy atom. The monoisotopic (exact) mass is 379 g/mol. The highest BCUT2D eigenvalue weighted by Gasteiger charge is 2.14. The van der Waals surface area contributed by atoms with E-state index in [1.807, 2.05) is 55.5 Å². The zero-order chi connectivity index (χ0) is 18.1. The Bertz CT molecular complexity index is 658. The van der Waals surface area contributed by atoms with E-state index in [0.29, 0.717) is 0 Å². The molecule has 0 spiro atoms. The maximum absolute atomic E-state index is 12.4. The predicted octanol–water partition coefficient (Wildman–Crippen LogP) is 5.35. The first-order valence-electron chi connectivity index (χ1n) is 8.59. The standard InChI is InChI=1S/C20H26ClNO2S/c1-16-7-13-19(14-8-16)25(23)20(21)6-4-3-5-15-22-17-9-11-18(24-2)12-10-17/h7-14,20,22H,3-6,15H2,1-2H3. The predicted molar refractivity (Wildman–Crippen MR) is 107 cm³/mol. The summed E-state index contributed by atoms with van der Waals surface area (Å²) in [6.45, 7) is 2.94. The first-order chi connectivity index (χ1) is 12.1. The van der Waals surface area contributed by atoms with Crippen LogP contribution in [0.4, 0.5) is 5.69 Å². The zero-order valence-corrected chi connectivity index (χ0v) is 16.4. The van der Waals surface area contributed by atoms with Gasteiger partial charge < -0.3 is 10.1 Å². The van der Waals surface area contributed by atoms with Gasteiger partial charge in [0.15, 0.2) is 0 Å². The summed E-state index contributed by atoms with van der Waals surface area (Å²) in [5.41, 5.74) is 2.26. The molecule has 0 aromatic heterocycles. The molecule has 0 amide bonds. The molecule has 0 saturated carbocycles. The first-order valence-corrected chi connectivity index (χ1v) is 10.2. The van der Waals surface area contributed by atoms with Crippen LogP contribution < -0.4 is 10.1 Å². The number of methoxy groups -OCH3 is 1. The fourth-order valence-electron chi connectivity index (χ4n) is 2.48. The van der Waals surface area contributed by atoms with E-state index in [4.69, 9.17) is 16.3 Å². The van der Waals surface area contributed by atoms with E-state index in [1.165, 1.54) is 0 Å². The molecule has 0 aliphatic heterocycles. The van der Waals surface area contributed by atoms with E-state index in [0.717, 1.165) is 54.1 Å². The number of aryl methyl sites for hydroxylation is 1. The lowest BCUT2D eigenvalue weighted by Gasteiger charge is -2.10. The summed E-state index contributed by atoms with van der Waals surface area (Å²) in [6, 6.07) is 15.7. The van der Waals surface area contributed by atoms with Gasteiger partial charge in [-0.2, -0.15) is 0 Å². The quantitative estimate of drug-likeness (QED) is 0.446. The Kier molecular flexibility index (Phi) is 8.29. The zero-order valence-electron chi connectivity index (χ0n) is 14.8. The normalized spacial score (nSPS) is 13.2. The Labute approximate surface area is 158 Å².